The quantitative estimate of drug-likeness (QED) is 0.480. The van der Waals surface area contributed by atoms with Crippen LogP contribution in [0.15, 0.2) is 0 Å². The van der Waals surface area contributed by atoms with E-state index in [-0.39, 0.29) is 6.61 Å². The highest BCUT2D eigenvalue weighted by Crippen LogP contribution is 1.87. The Morgan fingerprint density at radius 3 is 2.27 bits per heavy atom. The van der Waals surface area contributed by atoms with Gasteiger partial charge in [-0.1, -0.05) is 13.8 Å². The SMILES string of the molecule is CC.CN(C=O)CCCCO. The van der Waals surface area contributed by atoms with Gasteiger partial charge in [-0.25, -0.2) is 0 Å². The predicted octanol–water partition coefficient (Wildman–Crippen LogP) is 0.873. The molecular weight excluding hydrogens is 142 g/mol. The summed E-state index contributed by atoms with van der Waals surface area (Å²) in [5, 5.41) is 8.35. The summed E-state index contributed by atoms with van der Waals surface area (Å²) in [5.74, 6) is 0. The van der Waals surface area contributed by atoms with Crippen molar-refractivity contribution in [2.75, 3.05) is 20.2 Å². The van der Waals surface area contributed by atoms with Crippen LogP contribution in [0.5, 0.6) is 0 Å². The number of nitrogens with zero attached hydrogens (tertiary/aromatic N) is 1. The molecule has 0 aromatic carbocycles. The van der Waals surface area contributed by atoms with E-state index in [9.17, 15) is 4.79 Å². The number of aliphatic hydroxyl groups excluding tert-OH is 1. The highest BCUT2D eigenvalue weighted by molar-refractivity contribution is 5.46. The number of hydrogen-bond acceptors (Lipinski definition) is 2. The van der Waals surface area contributed by atoms with Gasteiger partial charge in [0.2, 0.25) is 6.41 Å². The van der Waals surface area contributed by atoms with Gasteiger partial charge in [0.1, 0.15) is 0 Å². The molecule has 3 heteroatoms. The zero-order valence-electron chi connectivity index (χ0n) is 7.71. The van der Waals surface area contributed by atoms with Crippen LogP contribution in [0.2, 0.25) is 0 Å². The molecule has 0 radical (unpaired) electrons. The number of carbonyl (C=O) groups is 1. The van der Waals surface area contributed by atoms with Gasteiger partial charge in [-0.2, -0.15) is 0 Å². The van der Waals surface area contributed by atoms with Crippen molar-refractivity contribution in [2.24, 2.45) is 0 Å². The Kier molecular flexibility index (Phi) is 14.4. The average molecular weight is 161 g/mol. The minimum Gasteiger partial charge on any atom is -0.396 e. The maximum atomic E-state index is 9.96. The van der Waals surface area contributed by atoms with E-state index in [0.717, 1.165) is 25.8 Å². The van der Waals surface area contributed by atoms with Crippen molar-refractivity contribution in [1.29, 1.82) is 0 Å². The standard InChI is InChI=1S/C6H13NO2.C2H6/c1-7(6-9)4-2-3-5-8;1-2/h6,8H,2-5H2,1H3;1-2H3. The van der Waals surface area contributed by atoms with Gasteiger partial charge in [-0.15, -0.1) is 0 Å². The molecule has 0 spiro atoms. The second-order valence-corrected chi connectivity index (χ2v) is 2.02. The number of amides is 1. The molecule has 0 atom stereocenters. The smallest absolute Gasteiger partial charge is 0.209 e. The fraction of sp³-hybridized carbons (Fsp3) is 0.875. The number of aliphatic hydroxyl groups is 1. The first-order chi connectivity index (χ1) is 5.31. The predicted molar refractivity (Wildman–Crippen MR) is 46.4 cm³/mol. The molecule has 1 N–H and O–H groups in total. The van der Waals surface area contributed by atoms with Crippen molar-refractivity contribution in [1.82, 2.24) is 4.90 Å². The van der Waals surface area contributed by atoms with E-state index >= 15 is 0 Å². The van der Waals surface area contributed by atoms with Crippen molar-refractivity contribution < 1.29 is 9.90 Å². The van der Waals surface area contributed by atoms with E-state index in [1.54, 1.807) is 11.9 Å². The maximum Gasteiger partial charge on any atom is 0.209 e. The van der Waals surface area contributed by atoms with Gasteiger partial charge < -0.3 is 10.0 Å². The normalized spacial score (nSPS) is 8.00. The third kappa shape index (κ3) is 12.6. The molecule has 3 nitrogen and oxygen atoms in total. The molecule has 11 heavy (non-hydrogen) atoms. The van der Waals surface area contributed by atoms with Crippen molar-refractivity contribution in [2.45, 2.75) is 26.7 Å². The summed E-state index contributed by atoms with van der Waals surface area (Å²) < 4.78 is 0. The minimum atomic E-state index is 0.215. The Hall–Kier alpha value is -0.570. The molecule has 0 saturated carbocycles. The Bertz CT molecular complexity index is 76.5. The van der Waals surface area contributed by atoms with E-state index in [4.69, 9.17) is 5.11 Å². The van der Waals surface area contributed by atoms with Crippen molar-refractivity contribution >= 4 is 6.41 Å². The van der Waals surface area contributed by atoms with Crippen LogP contribution in [0, 0.1) is 0 Å². The van der Waals surface area contributed by atoms with Crippen LogP contribution < -0.4 is 0 Å². The van der Waals surface area contributed by atoms with E-state index in [0.29, 0.717) is 0 Å². The van der Waals surface area contributed by atoms with Crippen molar-refractivity contribution in [3.63, 3.8) is 0 Å². The number of rotatable bonds is 5. The minimum absolute atomic E-state index is 0.215. The monoisotopic (exact) mass is 161 g/mol. The molecule has 0 aromatic heterocycles. The van der Waals surface area contributed by atoms with Crippen LogP contribution in [-0.2, 0) is 4.79 Å². The molecule has 0 bridgehead atoms. The molecule has 0 aliphatic rings. The second-order valence-electron chi connectivity index (χ2n) is 2.02. The molecule has 0 aliphatic heterocycles. The first-order valence-electron chi connectivity index (χ1n) is 4.07. The molecule has 0 heterocycles. The van der Waals surface area contributed by atoms with Crippen LogP contribution >= 0.6 is 0 Å². The fourth-order valence-corrected chi connectivity index (χ4v) is 0.526. The number of carbonyl (C=O) groups excluding carboxylic acids is 1. The largest absolute Gasteiger partial charge is 0.396 e. The maximum absolute atomic E-state index is 9.96. The van der Waals surface area contributed by atoms with Gasteiger partial charge in [0.05, 0.1) is 0 Å². The van der Waals surface area contributed by atoms with Gasteiger partial charge in [-0.05, 0) is 12.8 Å². The molecule has 0 fully saturated rings. The van der Waals surface area contributed by atoms with Gasteiger partial charge in [0.25, 0.3) is 0 Å². The lowest BCUT2D eigenvalue weighted by Gasteiger charge is -2.07. The summed E-state index contributed by atoms with van der Waals surface area (Å²) in [5.41, 5.74) is 0. The highest BCUT2D eigenvalue weighted by atomic mass is 16.2. The molecule has 0 rings (SSSR count). The van der Waals surface area contributed by atoms with Gasteiger partial charge in [0, 0.05) is 20.2 Å². The molecule has 68 valence electrons. The summed E-state index contributed by atoms with van der Waals surface area (Å²) in [6.45, 7) is 4.96. The molecule has 0 unspecified atom stereocenters. The fourth-order valence-electron chi connectivity index (χ4n) is 0.526. The lowest BCUT2D eigenvalue weighted by molar-refractivity contribution is -0.117. The Labute approximate surface area is 69.0 Å². The first-order valence-corrected chi connectivity index (χ1v) is 4.07. The summed E-state index contributed by atoms with van der Waals surface area (Å²) in [7, 11) is 1.73. The molecule has 0 saturated heterocycles. The van der Waals surface area contributed by atoms with Crippen LogP contribution in [-0.4, -0.2) is 36.6 Å². The number of hydrogen-bond donors (Lipinski definition) is 1. The van der Waals surface area contributed by atoms with Crippen LogP contribution in [0.1, 0.15) is 26.7 Å². The van der Waals surface area contributed by atoms with Crippen LogP contribution in [0.4, 0.5) is 0 Å². The van der Waals surface area contributed by atoms with Crippen LogP contribution in [0.25, 0.3) is 0 Å². The molecule has 0 aliphatic carbocycles. The Morgan fingerprint density at radius 1 is 1.36 bits per heavy atom. The van der Waals surface area contributed by atoms with E-state index in [1.807, 2.05) is 13.8 Å². The van der Waals surface area contributed by atoms with Crippen molar-refractivity contribution in [3.8, 4) is 0 Å². The highest BCUT2D eigenvalue weighted by Gasteiger charge is 1.90. The summed E-state index contributed by atoms with van der Waals surface area (Å²) in [4.78, 5) is 11.5. The molecular formula is C8H19NO2. The Morgan fingerprint density at radius 2 is 1.91 bits per heavy atom. The lowest BCUT2D eigenvalue weighted by atomic mass is 10.3. The topological polar surface area (TPSA) is 40.5 Å². The molecule has 1 amide bonds. The lowest BCUT2D eigenvalue weighted by Crippen LogP contribution is -2.17. The molecule has 0 aromatic rings. The number of unbranched alkanes of at least 4 members (excludes halogenated alkanes) is 1. The summed E-state index contributed by atoms with van der Waals surface area (Å²) in [6, 6.07) is 0. The summed E-state index contributed by atoms with van der Waals surface area (Å²) >= 11 is 0. The zero-order chi connectivity index (χ0) is 9.11. The van der Waals surface area contributed by atoms with Gasteiger partial charge >= 0.3 is 0 Å². The van der Waals surface area contributed by atoms with Gasteiger partial charge in [0.15, 0.2) is 0 Å². The van der Waals surface area contributed by atoms with E-state index < -0.39 is 0 Å². The second kappa shape index (κ2) is 12.1. The van der Waals surface area contributed by atoms with E-state index in [1.165, 1.54) is 0 Å². The Balaban J connectivity index is 0. The van der Waals surface area contributed by atoms with E-state index in [2.05, 4.69) is 0 Å². The average Bonchev–Trinajstić information content (AvgIpc) is 2.08. The first kappa shape index (κ1) is 13.1. The zero-order valence-corrected chi connectivity index (χ0v) is 7.71. The van der Waals surface area contributed by atoms with Crippen molar-refractivity contribution in [3.05, 3.63) is 0 Å². The summed E-state index contributed by atoms with van der Waals surface area (Å²) in [6.07, 6.45) is 2.45. The van der Waals surface area contributed by atoms with Crippen LogP contribution in [0.3, 0.4) is 0 Å². The third-order valence-corrected chi connectivity index (χ3v) is 1.10. The van der Waals surface area contributed by atoms with Gasteiger partial charge in [-0.3, -0.25) is 4.79 Å². The third-order valence-electron chi connectivity index (χ3n) is 1.10.